The molecule has 0 bridgehead atoms. The molecule has 5 rings (SSSR count). The summed E-state index contributed by atoms with van der Waals surface area (Å²) < 4.78 is 12.5. The molecule has 2 aromatic carbocycles. The fraction of sp³-hybridized carbons (Fsp3) is 0.429. The lowest BCUT2D eigenvalue weighted by atomic mass is 9.82. The number of carbonyl (C=O) groups excluding carboxylic acids is 2. The van der Waals surface area contributed by atoms with E-state index in [-0.39, 0.29) is 18.2 Å². The fourth-order valence-electron chi connectivity index (χ4n) is 5.57. The van der Waals surface area contributed by atoms with Gasteiger partial charge in [0.25, 0.3) is 0 Å². The second kappa shape index (κ2) is 10.1. The van der Waals surface area contributed by atoms with Crippen LogP contribution in [-0.2, 0) is 20.8 Å². The van der Waals surface area contributed by atoms with Crippen LogP contribution in [0, 0.1) is 0 Å². The van der Waals surface area contributed by atoms with Crippen LogP contribution < -0.4 is 0 Å². The van der Waals surface area contributed by atoms with E-state index >= 15 is 0 Å². The number of rotatable bonds is 5. The van der Waals surface area contributed by atoms with Gasteiger partial charge in [0.15, 0.2) is 0 Å². The zero-order valence-corrected chi connectivity index (χ0v) is 20.2. The maximum atomic E-state index is 13.4. The van der Waals surface area contributed by atoms with Crippen LogP contribution in [0.4, 0.5) is 0 Å². The summed E-state index contributed by atoms with van der Waals surface area (Å²) >= 11 is 0. The number of phenolic OH excluding ortho intramolecular Hbond substituents is 1. The van der Waals surface area contributed by atoms with E-state index in [1.165, 1.54) is 31.9 Å². The van der Waals surface area contributed by atoms with E-state index in [1.807, 2.05) is 35.2 Å². The van der Waals surface area contributed by atoms with Crippen LogP contribution in [0.5, 0.6) is 5.75 Å². The molecular formula is C28H32N2O5. The molecule has 0 radical (unpaired) electrons. The Bertz CT molecular complexity index is 1220. The second-order valence-electron chi connectivity index (χ2n) is 9.45. The van der Waals surface area contributed by atoms with Gasteiger partial charge in [-0.15, -0.1) is 0 Å². The first-order valence-electron chi connectivity index (χ1n) is 12.5. The van der Waals surface area contributed by atoms with E-state index < -0.39 is 5.97 Å². The smallest absolute Gasteiger partial charge is 0.337 e. The molecule has 1 amide bonds. The summed E-state index contributed by atoms with van der Waals surface area (Å²) in [4.78, 5) is 27.7. The first-order valence-corrected chi connectivity index (χ1v) is 12.5. The molecule has 1 aromatic heterocycles. The van der Waals surface area contributed by atoms with Crippen LogP contribution in [0.25, 0.3) is 22.2 Å². The van der Waals surface area contributed by atoms with Gasteiger partial charge in [0, 0.05) is 18.5 Å². The summed E-state index contributed by atoms with van der Waals surface area (Å²) in [7, 11) is 1.38. The maximum absolute atomic E-state index is 13.4. The van der Waals surface area contributed by atoms with E-state index in [1.54, 1.807) is 12.1 Å². The topological polar surface area (TPSA) is 81.0 Å². The Balaban J connectivity index is 1.72. The Kier molecular flexibility index (Phi) is 6.77. The number of aromatic hydroxyl groups is 1. The number of hydrogen-bond acceptors (Lipinski definition) is 5. The number of ether oxygens (including phenoxy) is 2. The number of methoxy groups -OCH3 is 1. The largest absolute Gasteiger partial charge is 0.508 e. The molecule has 1 saturated carbocycles. The van der Waals surface area contributed by atoms with E-state index in [0.717, 1.165) is 35.0 Å². The molecule has 184 valence electrons. The van der Waals surface area contributed by atoms with Crippen LogP contribution in [0.15, 0.2) is 42.5 Å². The monoisotopic (exact) mass is 476 g/mol. The number of nitrogens with zero attached hydrogens (tertiary/aromatic N) is 2. The van der Waals surface area contributed by atoms with Crippen LogP contribution in [-0.4, -0.2) is 59.9 Å². The number of aromatic nitrogens is 1. The predicted molar refractivity (Wildman–Crippen MR) is 134 cm³/mol. The predicted octanol–water partition coefficient (Wildman–Crippen LogP) is 4.71. The van der Waals surface area contributed by atoms with E-state index in [9.17, 15) is 14.7 Å². The molecule has 1 aliphatic heterocycles. The van der Waals surface area contributed by atoms with Crippen molar-refractivity contribution < 1.29 is 24.2 Å². The molecule has 2 fully saturated rings. The van der Waals surface area contributed by atoms with Gasteiger partial charge in [-0.2, -0.15) is 0 Å². The van der Waals surface area contributed by atoms with Crippen LogP contribution in [0.1, 0.15) is 53.9 Å². The molecule has 7 heteroatoms. The standard InChI is InChI=1S/C28H32N2O5/c1-34-28(33)21-9-12-23-24(17-21)30(18-25(32)29-13-15-35-16-14-29)27(20-7-10-22(31)11-8-20)26(23)19-5-3-2-4-6-19/h7-12,17,19,31H,2-6,13-16,18H2,1H3. The molecule has 0 spiro atoms. The van der Waals surface area contributed by atoms with Gasteiger partial charge in [0.05, 0.1) is 37.1 Å². The third-order valence-corrected chi connectivity index (χ3v) is 7.34. The molecule has 35 heavy (non-hydrogen) atoms. The summed E-state index contributed by atoms with van der Waals surface area (Å²) in [6, 6.07) is 12.9. The third-order valence-electron chi connectivity index (χ3n) is 7.34. The van der Waals surface area contributed by atoms with Crippen LogP contribution in [0.2, 0.25) is 0 Å². The van der Waals surface area contributed by atoms with Crippen molar-refractivity contribution in [3.05, 3.63) is 53.6 Å². The van der Waals surface area contributed by atoms with Gasteiger partial charge in [-0.3, -0.25) is 4.79 Å². The normalized spacial score (nSPS) is 17.0. The Labute approximate surface area is 205 Å². The van der Waals surface area contributed by atoms with Gasteiger partial charge >= 0.3 is 5.97 Å². The summed E-state index contributed by atoms with van der Waals surface area (Å²) in [5.41, 5.74) is 4.50. The van der Waals surface area contributed by atoms with E-state index in [4.69, 9.17) is 9.47 Å². The average molecular weight is 477 g/mol. The highest BCUT2D eigenvalue weighted by Gasteiger charge is 2.29. The van der Waals surface area contributed by atoms with Crippen LogP contribution in [0.3, 0.4) is 0 Å². The minimum Gasteiger partial charge on any atom is -0.508 e. The SMILES string of the molecule is COC(=O)c1ccc2c(C3CCCCC3)c(-c3ccc(O)cc3)n(CC(=O)N3CCOCC3)c2c1. The molecule has 0 atom stereocenters. The molecule has 1 aliphatic carbocycles. The number of benzene rings is 2. The summed E-state index contributed by atoms with van der Waals surface area (Å²) in [6.07, 6.45) is 5.80. The quantitative estimate of drug-likeness (QED) is 0.540. The zero-order valence-electron chi connectivity index (χ0n) is 20.2. The number of amides is 1. The van der Waals surface area contributed by atoms with Crippen molar-refractivity contribution in [3.63, 3.8) is 0 Å². The Morgan fingerprint density at radius 1 is 1.03 bits per heavy atom. The van der Waals surface area contributed by atoms with Gasteiger partial charge in [-0.05, 0) is 66.3 Å². The maximum Gasteiger partial charge on any atom is 0.337 e. The summed E-state index contributed by atoms with van der Waals surface area (Å²) in [5.74, 6) is 0.209. The van der Waals surface area contributed by atoms with Crippen molar-refractivity contribution in [2.45, 2.75) is 44.6 Å². The molecule has 1 N–H and O–H groups in total. The van der Waals surface area contributed by atoms with Gasteiger partial charge in [0.1, 0.15) is 12.3 Å². The zero-order chi connectivity index (χ0) is 24.4. The fourth-order valence-corrected chi connectivity index (χ4v) is 5.57. The molecule has 3 aromatic rings. The number of morpholine rings is 1. The highest BCUT2D eigenvalue weighted by molar-refractivity contribution is 5.99. The van der Waals surface area contributed by atoms with E-state index in [0.29, 0.717) is 37.8 Å². The number of phenols is 1. The lowest BCUT2D eigenvalue weighted by molar-refractivity contribution is -0.135. The van der Waals surface area contributed by atoms with Gasteiger partial charge in [0.2, 0.25) is 5.91 Å². The molecule has 2 aliphatic rings. The lowest BCUT2D eigenvalue weighted by Gasteiger charge is -2.28. The Hall–Kier alpha value is -3.32. The first kappa shape index (κ1) is 23.4. The molecule has 2 heterocycles. The summed E-state index contributed by atoms with van der Waals surface area (Å²) in [5, 5.41) is 11.0. The first-order chi connectivity index (χ1) is 17.1. The van der Waals surface area contributed by atoms with Crippen molar-refractivity contribution in [1.82, 2.24) is 9.47 Å². The van der Waals surface area contributed by atoms with E-state index in [2.05, 4.69) is 4.57 Å². The Morgan fingerprint density at radius 2 is 1.74 bits per heavy atom. The highest BCUT2D eigenvalue weighted by atomic mass is 16.5. The average Bonchev–Trinajstić information content (AvgIpc) is 3.22. The minimum atomic E-state index is -0.399. The molecule has 1 saturated heterocycles. The van der Waals surface area contributed by atoms with Crippen molar-refractivity contribution >= 4 is 22.8 Å². The number of fused-ring (bicyclic) bond motifs is 1. The van der Waals surface area contributed by atoms with Crippen molar-refractivity contribution in [1.29, 1.82) is 0 Å². The van der Waals surface area contributed by atoms with Crippen molar-refractivity contribution in [3.8, 4) is 17.0 Å². The second-order valence-corrected chi connectivity index (χ2v) is 9.45. The minimum absolute atomic E-state index is 0.0314. The van der Waals surface area contributed by atoms with Gasteiger partial charge in [-0.1, -0.05) is 25.3 Å². The third kappa shape index (κ3) is 4.65. The van der Waals surface area contributed by atoms with Crippen molar-refractivity contribution in [2.75, 3.05) is 33.4 Å². The number of carbonyl (C=O) groups is 2. The number of esters is 1. The molecule has 0 unspecified atom stereocenters. The highest BCUT2D eigenvalue weighted by Crippen LogP contribution is 2.44. The van der Waals surface area contributed by atoms with Gasteiger partial charge in [-0.25, -0.2) is 4.79 Å². The Morgan fingerprint density at radius 3 is 2.43 bits per heavy atom. The van der Waals surface area contributed by atoms with Gasteiger partial charge < -0.3 is 24.0 Å². The van der Waals surface area contributed by atoms with Crippen molar-refractivity contribution in [2.24, 2.45) is 0 Å². The number of hydrogen-bond donors (Lipinski definition) is 1. The lowest BCUT2D eigenvalue weighted by Crippen LogP contribution is -2.42. The summed E-state index contributed by atoms with van der Waals surface area (Å²) in [6.45, 7) is 2.42. The van der Waals surface area contributed by atoms with Crippen LogP contribution >= 0.6 is 0 Å². The molecule has 7 nitrogen and oxygen atoms in total. The molecular weight excluding hydrogens is 444 g/mol.